The molecule has 1 amide bonds. The van der Waals surface area contributed by atoms with E-state index in [4.69, 9.17) is 15.5 Å². The summed E-state index contributed by atoms with van der Waals surface area (Å²) in [6, 6.07) is 6.29. The summed E-state index contributed by atoms with van der Waals surface area (Å²) in [5, 5.41) is 3.31. The highest BCUT2D eigenvalue weighted by Gasteiger charge is 2.38. The normalized spacial score (nSPS) is 20.4. The number of carbonyl (C=O) groups excluding carboxylic acids is 1. The molecule has 2 aliphatic heterocycles. The fourth-order valence-electron chi connectivity index (χ4n) is 3.88. The van der Waals surface area contributed by atoms with Gasteiger partial charge in [0.2, 0.25) is 0 Å². The molecule has 172 valence electrons. The molecule has 0 aliphatic carbocycles. The Hall–Kier alpha value is -2.34. The van der Waals surface area contributed by atoms with Gasteiger partial charge in [-0.15, -0.1) is 0 Å². The minimum absolute atomic E-state index is 0.152. The van der Waals surface area contributed by atoms with Crippen LogP contribution in [0.15, 0.2) is 34.5 Å². The van der Waals surface area contributed by atoms with E-state index in [9.17, 15) is 4.79 Å². The van der Waals surface area contributed by atoms with Crippen molar-refractivity contribution in [3.8, 4) is 0 Å². The maximum atomic E-state index is 12.8. The molecule has 0 aromatic heterocycles. The molecule has 3 N–H and O–H groups in total. The smallest absolute Gasteiger partial charge is 0.410 e. The van der Waals surface area contributed by atoms with Gasteiger partial charge < -0.3 is 15.8 Å². The molecule has 1 aromatic rings. The molecule has 0 radical (unpaired) electrons. The molecule has 1 aromatic carbocycles. The first kappa shape index (κ1) is 24.9. The summed E-state index contributed by atoms with van der Waals surface area (Å²) in [7, 11) is 0. The van der Waals surface area contributed by atoms with Gasteiger partial charge in [-0.2, -0.15) is 0 Å². The molecule has 1 saturated heterocycles. The Bertz CT molecular complexity index is 850. The third-order valence-electron chi connectivity index (χ3n) is 5.38. The van der Waals surface area contributed by atoms with Crippen LogP contribution in [0.1, 0.15) is 71.9 Å². The van der Waals surface area contributed by atoms with Crippen LogP contribution >= 0.6 is 0 Å². The average Bonchev–Trinajstić information content (AvgIpc) is 2.69. The van der Waals surface area contributed by atoms with Crippen LogP contribution in [-0.2, 0) is 4.74 Å². The zero-order valence-corrected chi connectivity index (χ0v) is 20.5. The van der Waals surface area contributed by atoms with Crippen LogP contribution in [0.5, 0.6) is 0 Å². The van der Waals surface area contributed by atoms with Gasteiger partial charge in [0.1, 0.15) is 5.60 Å². The number of nitrogens with one attached hydrogen (secondary N) is 1. The van der Waals surface area contributed by atoms with Crippen LogP contribution in [0.4, 0.5) is 10.5 Å². The number of nitrogens with two attached hydrogens (primary N) is 1. The number of rotatable bonds is 2. The van der Waals surface area contributed by atoms with E-state index in [2.05, 4.69) is 44.3 Å². The van der Waals surface area contributed by atoms with E-state index in [1.54, 1.807) is 4.90 Å². The molecule has 2 heterocycles. The topological polar surface area (TPSA) is 80.0 Å². The minimum Gasteiger partial charge on any atom is -0.444 e. The number of fused-ring (bicyclic) bond motifs is 1. The highest BCUT2D eigenvalue weighted by Crippen LogP contribution is 2.30. The number of nitrogens with zero attached hydrogens (tertiary/aromatic N) is 2. The lowest BCUT2D eigenvalue weighted by Gasteiger charge is -2.41. The van der Waals surface area contributed by atoms with Gasteiger partial charge in [0, 0.05) is 43.0 Å². The summed E-state index contributed by atoms with van der Waals surface area (Å²) in [6.45, 7) is 18.0. The number of likely N-dealkylation sites (tertiary alicyclic amines) is 1. The van der Waals surface area contributed by atoms with Crippen molar-refractivity contribution in [1.82, 2.24) is 10.2 Å². The standard InChI is InChI=1S/C23H34N4O2.C2H6/c1-14(2)16-7-8-18(15(3)11-16)26-19-9-10-27(22(28)29-23(4,5)6)20-13-25-12-17(24)21(19)20;1-2/h7-8,11,14,20,25H,9-10,12-13,24H2,1-6H3;1-2H3. The first-order valence-electron chi connectivity index (χ1n) is 11.4. The molecule has 6 nitrogen and oxygen atoms in total. The first-order chi connectivity index (χ1) is 14.6. The average molecular weight is 429 g/mol. The Kier molecular flexibility index (Phi) is 8.29. The Morgan fingerprint density at radius 1 is 1.29 bits per heavy atom. The van der Waals surface area contributed by atoms with Crippen molar-refractivity contribution in [2.75, 3.05) is 19.6 Å². The van der Waals surface area contributed by atoms with E-state index in [0.717, 1.165) is 28.2 Å². The maximum Gasteiger partial charge on any atom is 0.410 e. The summed E-state index contributed by atoms with van der Waals surface area (Å²) in [5.41, 5.74) is 12.0. The van der Waals surface area contributed by atoms with Crippen molar-refractivity contribution in [1.29, 1.82) is 0 Å². The molecular formula is C25H40N4O2. The van der Waals surface area contributed by atoms with E-state index in [1.165, 1.54) is 5.56 Å². The summed E-state index contributed by atoms with van der Waals surface area (Å²) < 4.78 is 5.63. The number of hydrogen-bond donors (Lipinski definition) is 2. The van der Waals surface area contributed by atoms with Crippen LogP contribution in [0.3, 0.4) is 0 Å². The second-order valence-corrected chi connectivity index (χ2v) is 9.27. The zero-order valence-electron chi connectivity index (χ0n) is 20.5. The van der Waals surface area contributed by atoms with Gasteiger partial charge in [-0.3, -0.25) is 9.89 Å². The van der Waals surface area contributed by atoms with E-state index in [-0.39, 0.29) is 12.1 Å². The Morgan fingerprint density at radius 3 is 2.55 bits per heavy atom. The molecule has 1 fully saturated rings. The van der Waals surface area contributed by atoms with Crippen LogP contribution in [0.25, 0.3) is 0 Å². The van der Waals surface area contributed by atoms with Crippen molar-refractivity contribution in [3.05, 3.63) is 40.6 Å². The predicted octanol–water partition coefficient (Wildman–Crippen LogP) is 5.04. The Balaban J connectivity index is 0.00000166. The summed E-state index contributed by atoms with van der Waals surface area (Å²) in [6.07, 6.45) is 0.366. The molecule has 0 spiro atoms. The van der Waals surface area contributed by atoms with Crippen LogP contribution < -0.4 is 11.1 Å². The first-order valence-corrected chi connectivity index (χ1v) is 11.4. The number of aryl methyl sites for hydroxylation is 1. The molecule has 31 heavy (non-hydrogen) atoms. The largest absolute Gasteiger partial charge is 0.444 e. The Morgan fingerprint density at radius 2 is 1.97 bits per heavy atom. The second kappa shape index (κ2) is 10.3. The molecule has 6 heteroatoms. The fraction of sp³-hybridized carbons (Fsp3) is 0.600. The number of amides is 1. The number of hydrogen-bond acceptors (Lipinski definition) is 5. The van der Waals surface area contributed by atoms with Gasteiger partial charge in [-0.1, -0.05) is 39.8 Å². The molecule has 0 saturated carbocycles. The lowest BCUT2D eigenvalue weighted by atomic mass is 9.89. The molecule has 1 atom stereocenters. The van der Waals surface area contributed by atoms with Crippen LogP contribution in [0, 0.1) is 6.92 Å². The third-order valence-corrected chi connectivity index (χ3v) is 5.38. The van der Waals surface area contributed by atoms with Gasteiger partial charge in [0.15, 0.2) is 0 Å². The zero-order chi connectivity index (χ0) is 23.3. The highest BCUT2D eigenvalue weighted by atomic mass is 16.6. The van der Waals surface area contributed by atoms with Crippen molar-refractivity contribution >= 4 is 17.5 Å². The monoisotopic (exact) mass is 428 g/mol. The molecule has 0 bridgehead atoms. The van der Waals surface area contributed by atoms with Crippen molar-refractivity contribution in [3.63, 3.8) is 0 Å². The van der Waals surface area contributed by atoms with Crippen molar-refractivity contribution in [2.24, 2.45) is 10.7 Å². The molecule has 3 rings (SSSR count). The van der Waals surface area contributed by atoms with Crippen molar-refractivity contribution < 1.29 is 9.53 Å². The van der Waals surface area contributed by atoms with Crippen LogP contribution in [0.2, 0.25) is 0 Å². The quantitative estimate of drug-likeness (QED) is 0.691. The molecule has 1 unspecified atom stereocenters. The third kappa shape index (κ3) is 6.10. The minimum atomic E-state index is -0.530. The number of carbonyl (C=O) groups is 1. The number of ether oxygens (including phenoxy) is 1. The number of aliphatic imine (C=N–C) groups is 1. The molecule has 2 aliphatic rings. The summed E-state index contributed by atoms with van der Waals surface area (Å²) in [5.74, 6) is 0.486. The second-order valence-electron chi connectivity index (χ2n) is 9.27. The number of benzene rings is 1. The summed E-state index contributed by atoms with van der Waals surface area (Å²) in [4.78, 5) is 19.5. The van der Waals surface area contributed by atoms with E-state index in [0.29, 0.717) is 32.0 Å². The lowest BCUT2D eigenvalue weighted by Crippen LogP contribution is -2.56. The van der Waals surface area contributed by atoms with E-state index in [1.807, 2.05) is 34.6 Å². The maximum absolute atomic E-state index is 12.8. The van der Waals surface area contributed by atoms with Gasteiger partial charge in [-0.05, 0) is 50.8 Å². The Labute approximate surface area is 187 Å². The number of piperidine rings is 1. The van der Waals surface area contributed by atoms with Gasteiger partial charge in [0.25, 0.3) is 0 Å². The fourth-order valence-corrected chi connectivity index (χ4v) is 3.88. The highest BCUT2D eigenvalue weighted by molar-refractivity contribution is 6.05. The predicted molar refractivity (Wildman–Crippen MR) is 129 cm³/mol. The SMILES string of the molecule is CC.Cc1cc(C(C)C)ccc1N=C1CCN(C(=O)OC(C)(C)C)C2CNCC(N)=C12. The van der Waals surface area contributed by atoms with E-state index >= 15 is 0 Å². The van der Waals surface area contributed by atoms with Gasteiger partial charge in [-0.25, -0.2) is 4.79 Å². The van der Waals surface area contributed by atoms with E-state index < -0.39 is 5.60 Å². The van der Waals surface area contributed by atoms with Gasteiger partial charge >= 0.3 is 6.09 Å². The van der Waals surface area contributed by atoms with Gasteiger partial charge in [0.05, 0.1) is 11.7 Å². The molecular weight excluding hydrogens is 388 g/mol. The van der Waals surface area contributed by atoms with Crippen molar-refractivity contribution in [2.45, 2.75) is 79.4 Å². The van der Waals surface area contributed by atoms with Crippen LogP contribution in [-0.4, -0.2) is 48.0 Å². The summed E-state index contributed by atoms with van der Waals surface area (Å²) >= 11 is 0. The lowest BCUT2D eigenvalue weighted by molar-refractivity contribution is 0.0185.